The molecule has 1 aromatic rings. The van der Waals surface area contributed by atoms with Gasteiger partial charge in [0.1, 0.15) is 11.9 Å². The van der Waals surface area contributed by atoms with E-state index in [4.69, 9.17) is 4.74 Å². The number of carbonyl (C=O) groups is 1. The Morgan fingerprint density at radius 1 is 1.07 bits per heavy atom. The number of ether oxygens (including phenoxy) is 1. The molecule has 0 spiro atoms. The van der Waals surface area contributed by atoms with Crippen LogP contribution in [0, 0.1) is 17.3 Å². The number of allylic oxidation sites excluding steroid dienone is 1. The summed E-state index contributed by atoms with van der Waals surface area (Å²) >= 11 is 0. The average Bonchev–Trinajstić information content (AvgIpc) is 3.30. The van der Waals surface area contributed by atoms with Crippen LogP contribution in [0.3, 0.4) is 0 Å². The van der Waals surface area contributed by atoms with E-state index < -0.39 is 0 Å². The molecule has 4 heteroatoms. The predicted molar refractivity (Wildman–Crippen MR) is 120 cm³/mol. The Balaban J connectivity index is 1.10. The zero-order valence-corrected chi connectivity index (χ0v) is 18.6. The summed E-state index contributed by atoms with van der Waals surface area (Å²) in [6.07, 6.45) is 9.94. The van der Waals surface area contributed by atoms with Gasteiger partial charge in [0.15, 0.2) is 0 Å². The van der Waals surface area contributed by atoms with Crippen LogP contribution in [0.5, 0.6) is 5.75 Å². The van der Waals surface area contributed by atoms with Crippen LogP contribution in [0.2, 0.25) is 0 Å². The fourth-order valence-electron chi connectivity index (χ4n) is 6.07. The van der Waals surface area contributed by atoms with Crippen molar-refractivity contribution in [3.8, 4) is 5.75 Å². The third-order valence-corrected chi connectivity index (χ3v) is 8.32. The molecule has 2 bridgehead atoms. The van der Waals surface area contributed by atoms with Crippen molar-refractivity contribution in [1.29, 1.82) is 0 Å². The Morgan fingerprint density at radius 3 is 2.40 bits per heavy atom. The highest BCUT2D eigenvalue weighted by Gasteiger charge is 2.51. The summed E-state index contributed by atoms with van der Waals surface area (Å²) in [5.41, 5.74) is 2.99. The van der Waals surface area contributed by atoms with Gasteiger partial charge >= 0.3 is 0 Å². The van der Waals surface area contributed by atoms with Crippen LogP contribution in [-0.2, 0) is 0 Å². The van der Waals surface area contributed by atoms with Crippen LogP contribution >= 0.6 is 0 Å². The smallest absolute Gasteiger partial charge is 0.253 e. The maximum atomic E-state index is 12.5. The fraction of sp³-hybridized carbons (Fsp3) is 0.654. The quantitative estimate of drug-likeness (QED) is 0.659. The molecule has 5 aliphatic rings. The summed E-state index contributed by atoms with van der Waals surface area (Å²) in [6, 6.07) is 7.79. The first-order valence-corrected chi connectivity index (χ1v) is 12.0. The van der Waals surface area contributed by atoms with Crippen molar-refractivity contribution >= 4 is 5.91 Å². The van der Waals surface area contributed by atoms with Gasteiger partial charge in [0, 0.05) is 38.3 Å². The van der Waals surface area contributed by atoms with E-state index in [-0.39, 0.29) is 12.0 Å². The predicted octanol–water partition coefficient (Wildman–Crippen LogP) is 4.76. The summed E-state index contributed by atoms with van der Waals surface area (Å²) in [6.45, 7) is 10.1. The Bertz CT molecular complexity index is 799. The fourth-order valence-corrected chi connectivity index (χ4v) is 6.07. The monoisotopic (exact) mass is 408 g/mol. The van der Waals surface area contributed by atoms with Crippen LogP contribution in [0.4, 0.5) is 0 Å². The number of piperidine rings is 1. The number of hydrogen-bond donors (Lipinski definition) is 0. The number of fused-ring (bicyclic) bond motifs is 1. The van der Waals surface area contributed by atoms with E-state index in [1.54, 1.807) is 5.57 Å². The van der Waals surface area contributed by atoms with Gasteiger partial charge in [-0.1, -0.05) is 25.5 Å². The molecule has 1 aromatic carbocycles. The first kappa shape index (κ1) is 20.1. The second-order valence-corrected chi connectivity index (χ2v) is 10.4. The summed E-state index contributed by atoms with van der Waals surface area (Å²) < 4.78 is 6.25. The van der Waals surface area contributed by atoms with Gasteiger partial charge in [0.2, 0.25) is 0 Å². The molecular formula is C26H36N2O2. The molecule has 3 aliphatic carbocycles. The zero-order valence-electron chi connectivity index (χ0n) is 18.6. The van der Waals surface area contributed by atoms with E-state index in [2.05, 4.69) is 24.8 Å². The van der Waals surface area contributed by atoms with Crippen LogP contribution in [-0.4, -0.2) is 54.5 Å². The third kappa shape index (κ3) is 3.79. The minimum absolute atomic E-state index is 0.158. The number of amides is 1. The lowest BCUT2D eigenvalue weighted by atomic mass is 9.49. The molecule has 3 fully saturated rings. The molecule has 2 atom stereocenters. The maximum absolute atomic E-state index is 12.5. The molecule has 0 N–H and O–H groups in total. The topological polar surface area (TPSA) is 32.8 Å². The first-order chi connectivity index (χ1) is 14.5. The normalized spacial score (nSPS) is 28.7. The SMILES string of the molecule is CC1(C)[C@H]2CC=C(CN3CCC(Oc4ccc(C(=O)N5CCCC5)cc4)CC3)[C@@H]1C2. The zero-order chi connectivity index (χ0) is 20.7. The Kier molecular flexibility index (Phi) is 5.38. The standard InChI is InChI=1S/C26H36N2O2/c1-26(2)21-8-5-20(24(26)17-21)18-27-15-11-23(12-16-27)30-22-9-6-19(7-10-22)25(29)28-13-3-4-14-28/h5-7,9-10,21,23-24H,3-4,8,11-18H2,1-2H3/t21-,24-/m0/s1. The van der Waals surface area contributed by atoms with Crippen molar-refractivity contribution < 1.29 is 9.53 Å². The Labute approximate surface area is 181 Å². The number of likely N-dealkylation sites (tertiary alicyclic amines) is 2. The summed E-state index contributed by atoms with van der Waals surface area (Å²) in [7, 11) is 0. The number of benzene rings is 1. The molecule has 0 radical (unpaired) electrons. The van der Waals surface area contributed by atoms with E-state index in [0.717, 1.165) is 81.6 Å². The molecule has 30 heavy (non-hydrogen) atoms. The van der Waals surface area contributed by atoms with Crippen molar-refractivity contribution in [3.05, 3.63) is 41.5 Å². The molecule has 2 saturated heterocycles. The molecule has 162 valence electrons. The van der Waals surface area contributed by atoms with Gasteiger partial charge in [0.25, 0.3) is 5.91 Å². The molecule has 6 rings (SSSR count). The molecule has 0 aromatic heterocycles. The van der Waals surface area contributed by atoms with Crippen molar-refractivity contribution in [2.75, 3.05) is 32.7 Å². The molecule has 1 amide bonds. The number of hydrogen-bond acceptors (Lipinski definition) is 3. The lowest BCUT2D eigenvalue weighted by molar-refractivity contribution is -0.0123. The minimum atomic E-state index is 0.158. The lowest BCUT2D eigenvalue weighted by Crippen LogP contribution is -2.50. The van der Waals surface area contributed by atoms with E-state index in [0.29, 0.717) is 5.41 Å². The minimum Gasteiger partial charge on any atom is -0.490 e. The van der Waals surface area contributed by atoms with E-state index >= 15 is 0 Å². The van der Waals surface area contributed by atoms with Crippen molar-refractivity contribution in [2.24, 2.45) is 17.3 Å². The van der Waals surface area contributed by atoms with Gasteiger partial charge < -0.3 is 9.64 Å². The number of nitrogens with zero attached hydrogens (tertiary/aromatic N) is 2. The van der Waals surface area contributed by atoms with Crippen LogP contribution in [0.25, 0.3) is 0 Å². The summed E-state index contributed by atoms with van der Waals surface area (Å²) in [5, 5.41) is 0. The van der Waals surface area contributed by atoms with Gasteiger partial charge in [0.05, 0.1) is 0 Å². The van der Waals surface area contributed by atoms with Crippen molar-refractivity contribution in [2.45, 2.75) is 58.5 Å². The highest BCUT2D eigenvalue weighted by molar-refractivity contribution is 5.94. The third-order valence-electron chi connectivity index (χ3n) is 8.32. The summed E-state index contributed by atoms with van der Waals surface area (Å²) in [5.74, 6) is 2.78. The molecular weight excluding hydrogens is 372 g/mol. The average molecular weight is 409 g/mol. The Hall–Kier alpha value is -1.81. The van der Waals surface area contributed by atoms with Gasteiger partial charge in [-0.2, -0.15) is 0 Å². The maximum Gasteiger partial charge on any atom is 0.253 e. The summed E-state index contributed by atoms with van der Waals surface area (Å²) in [4.78, 5) is 17.1. The van der Waals surface area contributed by atoms with Crippen molar-refractivity contribution in [1.82, 2.24) is 9.80 Å². The van der Waals surface area contributed by atoms with Crippen LogP contribution in [0.15, 0.2) is 35.9 Å². The van der Waals surface area contributed by atoms with E-state index in [9.17, 15) is 4.79 Å². The van der Waals surface area contributed by atoms with Gasteiger partial charge in [-0.05, 0) is 80.0 Å². The van der Waals surface area contributed by atoms with Gasteiger partial charge in [-0.25, -0.2) is 0 Å². The molecule has 1 saturated carbocycles. The largest absolute Gasteiger partial charge is 0.490 e. The van der Waals surface area contributed by atoms with Crippen molar-refractivity contribution in [3.63, 3.8) is 0 Å². The highest BCUT2D eigenvalue weighted by Crippen LogP contribution is 2.59. The van der Waals surface area contributed by atoms with Crippen LogP contribution < -0.4 is 4.74 Å². The highest BCUT2D eigenvalue weighted by atomic mass is 16.5. The van der Waals surface area contributed by atoms with Gasteiger partial charge in [-0.15, -0.1) is 0 Å². The second kappa shape index (κ2) is 8.03. The Morgan fingerprint density at radius 2 is 1.77 bits per heavy atom. The van der Waals surface area contributed by atoms with Gasteiger partial charge in [-0.3, -0.25) is 9.69 Å². The molecule has 2 heterocycles. The lowest BCUT2D eigenvalue weighted by Gasteiger charge is -2.57. The molecule has 0 unspecified atom stereocenters. The van der Waals surface area contributed by atoms with E-state index in [1.807, 2.05) is 29.2 Å². The molecule has 4 nitrogen and oxygen atoms in total. The second-order valence-electron chi connectivity index (χ2n) is 10.4. The van der Waals surface area contributed by atoms with E-state index in [1.165, 1.54) is 12.8 Å². The van der Waals surface area contributed by atoms with Crippen LogP contribution in [0.1, 0.15) is 62.7 Å². The number of rotatable bonds is 5. The molecule has 2 aliphatic heterocycles. The first-order valence-electron chi connectivity index (χ1n) is 12.0. The number of carbonyl (C=O) groups excluding carboxylic acids is 1.